The predicted molar refractivity (Wildman–Crippen MR) is 115 cm³/mol. The van der Waals surface area contributed by atoms with Crippen LogP contribution >= 0.6 is 35.6 Å². The average Bonchev–Trinajstić information content (AvgIpc) is 2.64. The molecule has 10 heteroatoms. The summed E-state index contributed by atoms with van der Waals surface area (Å²) in [5.74, 6) is 0.753. The van der Waals surface area contributed by atoms with Crippen molar-refractivity contribution in [3.8, 4) is 5.75 Å². The van der Waals surface area contributed by atoms with Gasteiger partial charge in [-0.1, -0.05) is 29.8 Å². The summed E-state index contributed by atoms with van der Waals surface area (Å²) in [5.41, 5.74) is 1.82. The lowest BCUT2D eigenvalue weighted by Gasteiger charge is -2.13. The molecule has 1 aromatic carbocycles. The number of aliphatic imine (C=N–C) groups is 1. The Labute approximate surface area is 183 Å². The number of hydrogen-bond donors (Lipinski definition) is 2. The van der Waals surface area contributed by atoms with E-state index in [1.807, 2.05) is 6.07 Å². The number of nitrogens with zero attached hydrogens (tertiary/aromatic N) is 2. The second kappa shape index (κ2) is 11.9. The van der Waals surface area contributed by atoms with Crippen molar-refractivity contribution in [1.82, 2.24) is 15.6 Å². The molecular weight excluding hydrogens is 508 g/mol. The summed E-state index contributed by atoms with van der Waals surface area (Å²) >= 11 is 5.75. The molecule has 0 saturated heterocycles. The molecular formula is C18H21ClF3IN4O. The summed E-state index contributed by atoms with van der Waals surface area (Å²) in [6.45, 7) is -0.282. The summed E-state index contributed by atoms with van der Waals surface area (Å²) in [6, 6.07) is 10.1. The van der Waals surface area contributed by atoms with Crippen LogP contribution in [0, 0.1) is 0 Å². The molecule has 5 nitrogen and oxygen atoms in total. The molecule has 0 saturated carbocycles. The van der Waals surface area contributed by atoms with Crippen LogP contribution in [0.3, 0.4) is 0 Å². The Kier molecular flexibility index (Phi) is 10.4. The Bertz CT molecular complexity index is 757. The number of guanidine groups is 1. The third kappa shape index (κ3) is 9.45. The molecule has 1 heterocycles. The van der Waals surface area contributed by atoms with Gasteiger partial charge in [0.1, 0.15) is 10.9 Å². The molecule has 2 rings (SSSR count). The zero-order valence-electron chi connectivity index (χ0n) is 15.1. The maximum Gasteiger partial charge on any atom is 0.422 e. The number of benzene rings is 1. The molecule has 2 N–H and O–H groups in total. The standard InChI is InChI=1S/C18H20ClF3N4O.HI/c1-23-17(24-8-7-13-5-6-16(19)25-10-13)26-11-14-3-2-4-15(9-14)27-12-18(20,21)22;/h2-6,9-10H,7-8,11-12H2,1H3,(H2,23,24,26);1H. The number of pyridine rings is 1. The van der Waals surface area contributed by atoms with Crippen molar-refractivity contribution in [3.05, 3.63) is 58.9 Å². The third-order valence-corrected chi connectivity index (χ3v) is 3.70. The van der Waals surface area contributed by atoms with Gasteiger partial charge in [0, 0.05) is 26.3 Å². The molecule has 0 amide bonds. The minimum Gasteiger partial charge on any atom is -0.484 e. The highest BCUT2D eigenvalue weighted by molar-refractivity contribution is 14.0. The lowest BCUT2D eigenvalue weighted by atomic mass is 10.2. The van der Waals surface area contributed by atoms with E-state index in [9.17, 15) is 13.2 Å². The van der Waals surface area contributed by atoms with E-state index in [0.29, 0.717) is 24.2 Å². The van der Waals surface area contributed by atoms with E-state index in [4.69, 9.17) is 16.3 Å². The van der Waals surface area contributed by atoms with E-state index in [0.717, 1.165) is 17.5 Å². The topological polar surface area (TPSA) is 58.5 Å². The van der Waals surface area contributed by atoms with E-state index >= 15 is 0 Å². The Balaban J connectivity index is 0.00000392. The van der Waals surface area contributed by atoms with E-state index in [1.54, 1.807) is 37.5 Å². The minimum absolute atomic E-state index is 0. The first kappa shape index (κ1) is 24.3. The summed E-state index contributed by atoms with van der Waals surface area (Å²) in [6.07, 6.45) is -1.90. The molecule has 0 atom stereocenters. The van der Waals surface area contributed by atoms with Crippen LogP contribution in [0.4, 0.5) is 13.2 Å². The summed E-state index contributed by atoms with van der Waals surface area (Å²) in [5, 5.41) is 6.72. The number of aromatic nitrogens is 1. The van der Waals surface area contributed by atoms with Crippen molar-refractivity contribution >= 4 is 41.5 Å². The molecule has 0 fully saturated rings. The number of alkyl halides is 3. The number of ether oxygens (including phenoxy) is 1. The molecule has 0 aliphatic rings. The van der Waals surface area contributed by atoms with Gasteiger partial charge < -0.3 is 15.4 Å². The van der Waals surface area contributed by atoms with Gasteiger partial charge in [-0.3, -0.25) is 4.99 Å². The minimum atomic E-state index is -4.36. The molecule has 154 valence electrons. The van der Waals surface area contributed by atoms with E-state index in [2.05, 4.69) is 20.6 Å². The average molecular weight is 529 g/mol. The van der Waals surface area contributed by atoms with Gasteiger partial charge in [0.15, 0.2) is 12.6 Å². The van der Waals surface area contributed by atoms with Crippen LogP contribution in [0.1, 0.15) is 11.1 Å². The molecule has 28 heavy (non-hydrogen) atoms. The molecule has 0 aliphatic carbocycles. The lowest BCUT2D eigenvalue weighted by molar-refractivity contribution is -0.153. The SMILES string of the molecule is CN=C(NCCc1ccc(Cl)nc1)NCc1cccc(OCC(F)(F)F)c1.I. The van der Waals surface area contributed by atoms with Crippen molar-refractivity contribution in [2.75, 3.05) is 20.2 Å². The van der Waals surface area contributed by atoms with Gasteiger partial charge in [0.05, 0.1) is 0 Å². The van der Waals surface area contributed by atoms with Gasteiger partial charge in [-0.05, 0) is 35.7 Å². The zero-order chi connectivity index (χ0) is 19.7. The van der Waals surface area contributed by atoms with E-state index in [1.165, 1.54) is 6.07 Å². The normalized spacial score (nSPS) is 11.5. The van der Waals surface area contributed by atoms with Crippen molar-refractivity contribution in [2.45, 2.75) is 19.1 Å². The Morgan fingerprint density at radius 1 is 1.18 bits per heavy atom. The largest absolute Gasteiger partial charge is 0.484 e. The number of rotatable bonds is 7. The van der Waals surface area contributed by atoms with Gasteiger partial charge in [0.2, 0.25) is 0 Å². The van der Waals surface area contributed by atoms with Crippen molar-refractivity contribution in [2.24, 2.45) is 4.99 Å². The van der Waals surface area contributed by atoms with Crippen molar-refractivity contribution in [1.29, 1.82) is 0 Å². The molecule has 1 aromatic heterocycles. The monoisotopic (exact) mass is 528 g/mol. The highest BCUT2D eigenvalue weighted by atomic mass is 127. The second-order valence-electron chi connectivity index (χ2n) is 5.64. The van der Waals surface area contributed by atoms with Gasteiger partial charge in [-0.2, -0.15) is 13.2 Å². The first-order chi connectivity index (χ1) is 12.9. The fourth-order valence-electron chi connectivity index (χ4n) is 2.20. The highest BCUT2D eigenvalue weighted by Gasteiger charge is 2.28. The van der Waals surface area contributed by atoms with Gasteiger partial charge in [-0.15, -0.1) is 24.0 Å². The quantitative estimate of drug-likeness (QED) is 0.245. The number of halogens is 5. The highest BCUT2D eigenvalue weighted by Crippen LogP contribution is 2.19. The number of nitrogens with one attached hydrogen (secondary N) is 2. The smallest absolute Gasteiger partial charge is 0.422 e. The lowest BCUT2D eigenvalue weighted by Crippen LogP contribution is -2.37. The van der Waals surface area contributed by atoms with Crippen molar-refractivity contribution < 1.29 is 17.9 Å². The maximum absolute atomic E-state index is 12.2. The second-order valence-corrected chi connectivity index (χ2v) is 6.03. The Morgan fingerprint density at radius 2 is 1.96 bits per heavy atom. The molecule has 0 spiro atoms. The van der Waals surface area contributed by atoms with Crippen LogP contribution in [-0.4, -0.2) is 37.3 Å². The van der Waals surface area contributed by atoms with Crippen LogP contribution in [0.25, 0.3) is 0 Å². The van der Waals surface area contributed by atoms with Crippen LogP contribution in [0.15, 0.2) is 47.6 Å². The molecule has 0 unspecified atom stereocenters. The Hall–Kier alpha value is -1.75. The van der Waals surface area contributed by atoms with E-state index in [-0.39, 0.29) is 29.7 Å². The van der Waals surface area contributed by atoms with Crippen LogP contribution in [-0.2, 0) is 13.0 Å². The fourth-order valence-corrected chi connectivity index (χ4v) is 2.31. The fraction of sp³-hybridized carbons (Fsp3) is 0.333. The van der Waals surface area contributed by atoms with Gasteiger partial charge in [0.25, 0.3) is 0 Å². The van der Waals surface area contributed by atoms with Crippen LogP contribution in [0.2, 0.25) is 5.15 Å². The molecule has 0 aliphatic heterocycles. The zero-order valence-corrected chi connectivity index (χ0v) is 18.2. The van der Waals surface area contributed by atoms with Crippen LogP contribution < -0.4 is 15.4 Å². The molecule has 2 aromatic rings. The number of hydrogen-bond acceptors (Lipinski definition) is 3. The summed E-state index contributed by atoms with van der Waals surface area (Å²) in [4.78, 5) is 8.14. The van der Waals surface area contributed by atoms with Crippen molar-refractivity contribution in [3.63, 3.8) is 0 Å². The molecule has 0 bridgehead atoms. The van der Waals surface area contributed by atoms with Crippen LogP contribution in [0.5, 0.6) is 5.75 Å². The summed E-state index contributed by atoms with van der Waals surface area (Å²) in [7, 11) is 1.64. The predicted octanol–water partition coefficient (Wildman–Crippen LogP) is 4.20. The van der Waals surface area contributed by atoms with Gasteiger partial charge in [-0.25, -0.2) is 4.98 Å². The third-order valence-electron chi connectivity index (χ3n) is 3.48. The van der Waals surface area contributed by atoms with Gasteiger partial charge >= 0.3 is 6.18 Å². The maximum atomic E-state index is 12.2. The Morgan fingerprint density at radius 3 is 2.61 bits per heavy atom. The first-order valence-corrected chi connectivity index (χ1v) is 8.57. The molecule has 0 radical (unpaired) electrons. The first-order valence-electron chi connectivity index (χ1n) is 8.19. The summed E-state index contributed by atoms with van der Waals surface area (Å²) < 4.78 is 41.4. The van der Waals surface area contributed by atoms with E-state index < -0.39 is 12.8 Å².